The van der Waals surface area contributed by atoms with Gasteiger partial charge < -0.3 is 4.57 Å². The number of hydrogen-bond donors (Lipinski definition) is 0. The van der Waals surface area contributed by atoms with E-state index in [1.54, 1.807) is 0 Å². The summed E-state index contributed by atoms with van der Waals surface area (Å²) in [4.78, 5) is 1.33. The first-order chi connectivity index (χ1) is 14.3. The van der Waals surface area contributed by atoms with Crippen LogP contribution in [-0.4, -0.2) is 10.3 Å². The number of rotatable bonds is 8. The predicted molar refractivity (Wildman–Crippen MR) is 129 cm³/mol. The molecule has 1 aromatic heterocycles. The van der Waals surface area contributed by atoms with Gasteiger partial charge in [0.1, 0.15) is 0 Å². The Morgan fingerprint density at radius 3 is 2.28 bits per heavy atom. The van der Waals surface area contributed by atoms with Crippen molar-refractivity contribution < 1.29 is 0 Å². The van der Waals surface area contributed by atoms with E-state index in [1.165, 1.54) is 58.4 Å². The van der Waals surface area contributed by atoms with Crippen LogP contribution in [0.2, 0.25) is 5.02 Å². The van der Waals surface area contributed by atoms with Gasteiger partial charge in [-0.2, -0.15) is 0 Å². The molecule has 0 saturated heterocycles. The Morgan fingerprint density at radius 1 is 0.828 bits per heavy atom. The van der Waals surface area contributed by atoms with Gasteiger partial charge in [-0.1, -0.05) is 86.3 Å². The number of nitrogens with zero attached hydrogens (tertiary/aromatic N) is 1. The predicted octanol–water partition coefficient (Wildman–Crippen LogP) is 8.62. The van der Waals surface area contributed by atoms with Gasteiger partial charge in [0.2, 0.25) is 0 Å². The van der Waals surface area contributed by atoms with Gasteiger partial charge in [-0.25, -0.2) is 0 Å². The van der Waals surface area contributed by atoms with Gasteiger partial charge >= 0.3 is 0 Å². The van der Waals surface area contributed by atoms with E-state index in [9.17, 15) is 0 Å². The van der Waals surface area contributed by atoms with Crippen LogP contribution in [-0.2, 0) is 0 Å². The highest BCUT2D eigenvalue weighted by Crippen LogP contribution is 2.43. The lowest BCUT2D eigenvalue weighted by molar-refractivity contribution is 0.706. The van der Waals surface area contributed by atoms with Gasteiger partial charge in [-0.3, -0.25) is 0 Å². The molecule has 0 saturated carbocycles. The topological polar surface area (TPSA) is 4.93 Å². The molecule has 0 aliphatic rings. The number of para-hydroxylation sites is 1. The second kappa shape index (κ2) is 9.56. The van der Waals surface area contributed by atoms with Crippen molar-refractivity contribution in [3.8, 4) is 16.9 Å². The molecule has 0 spiro atoms. The van der Waals surface area contributed by atoms with Gasteiger partial charge in [0.15, 0.2) is 0 Å². The molecule has 0 aliphatic heterocycles. The standard InChI is InChI=1S/C26H26ClNS/c1-2-3-4-11-18-29-26-23-19-21(27)16-17-24(23)28(22-14-9-6-10-15-22)25(26)20-12-7-5-8-13-20/h5-10,12-17,19H,2-4,11,18H2,1H3. The molecule has 3 heteroatoms. The van der Waals surface area contributed by atoms with Gasteiger partial charge in [0.25, 0.3) is 0 Å². The molecule has 0 fully saturated rings. The molecule has 0 radical (unpaired) electrons. The summed E-state index contributed by atoms with van der Waals surface area (Å²) in [6.45, 7) is 2.26. The summed E-state index contributed by atoms with van der Waals surface area (Å²) in [6.07, 6.45) is 5.11. The van der Waals surface area contributed by atoms with Crippen molar-refractivity contribution in [1.29, 1.82) is 0 Å². The van der Waals surface area contributed by atoms with Crippen LogP contribution >= 0.6 is 23.4 Å². The van der Waals surface area contributed by atoms with Gasteiger partial charge in [-0.15, -0.1) is 11.8 Å². The van der Waals surface area contributed by atoms with Crippen LogP contribution in [0.3, 0.4) is 0 Å². The number of unbranched alkanes of at least 4 members (excludes halogenated alkanes) is 3. The van der Waals surface area contributed by atoms with E-state index in [1.807, 2.05) is 17.8 Å². The summed E-state index contributed by atoms with van der Waals surface area (Å²) in [5, 5.41) is 2.02. The molecule has 29 heavy (non-hydrogen) atoms. The smallest absolute Gasteiger partial charge is 0.0676 e. The fourth-order valence-corrected chi connectivity index (χ4v) is 5.17. The molecule has 4 aromatic rings. The first-order valence-corrected chi connectivity index (χ1v) is 11.7. The van der Waals surface area contributed by atoms with E-state index in [0.717, 1.165) is 10.8 Å². The summed E-state index contributed by atoms with van der Waals surface area (Å²) in [5.74, 6) is 1.13. The second-order valence-electron chi connectivity index (χ2n) is 7.29. The molecule has 0 aliphatic carbocycles. The van der Waals surface area contributed by atoms with Crippen LogP contribution in [0.25, 0.3) is 27.8 Å². The first kappa shape index (κ1) is 20.1. The summed E-state index contributed by atoms with van der Waals surface area (Å²) >= 11 is 8.39. The third-order valence-electron chi connectivity index (χ3n) is 5.19. The number of thioether (sulfide) groups is 1. The summed E-state index contributed by atoms with van der Waals surface area (Å²) < 4.78 is 2.38. The van der Waals surface area contributed by atoms with Crippen molar-refractivity contribution >= 4 is 34.3 Å². The Bertz CT molecular complexity index is 1070. The number of fused-ring (bicyclic) bond motifs is 1. The van der Waals surface area contributed by atoms with E-state index in [-0.39, 0.29) is 0 Å². The Morgan fingerprint density at radius 2 is 1.55 bits per heavy atom. The van der Waals surface area contributed by atoms with Crippen LogP contribution in [0, 0.1) is 0 Å². The maximum atomic E-state index is 6.43. The summed E-state index contributed by atoms with van der Waals surface area (Å²) in [6, 6.07) is 27.6. The SMILES string of the molecule is CCCCCCSc1c(-c2ccccc2)n(-c2ccccc2)c2ccc(Cl)cc12. The lowest BCUT2D eigenvalue weighted by Crippen LogP contribution is -1.97. The minimum atomic E-state index is 0.787. The van der Waals surface area contributed by atoms with Crippen LogP contribution in [0.4, 0.5) is 0 Å². The molecule has 1 nitrogen and oxygen atoms in total. The van der Waals surface area contributed by atoms with E-state index in [4.69, 9.17) is 11.6 Å². The molecule has 0 unspecified atom stereocenters. The molecule has 3 aromatic carbocycles. The largest absolute Gasteiger partial charge is 0.308 e. The van der Waals surface area contributed by atoms with Gasteiger partial charge in [0.05, 0.1) is 11.2 Å². The lowest BCUT2D eigenvalue weighted by Gasteiger charge is -2.13. The first-order valence-electron chi connectivity index (χ1n) is 10.4. The fraction of sp³-hybridized carbons (Fsp3) is 0.231. The number of benzene rings is 3. The van der Waals surface area contributed by atoms with E-state index < -0.39 is 0 Å². The van der Waals surface area contributed by atoms with Crippen LogP contribution < -0.4 is 0 Å². The summed E-state index contributed by atoms with van der Waals surface area (Å²) in [5.41, 5.74) is 4.88. The maximum Gasteiger partial charge on any atom is 0.0676 e. The average molecular weight is 420 g/mol. The zero-order valence-electron chi connectivity index (χ0n) is 16.8. The van der Waals surface area contributed by atoms with Gasteiger partial charge in [0, 0.05) is 21.0 Å². The second-order valence-corrected chi connectivity index (χ2v) is 8.83. The summed E-state index contributed by atoms with van der Waals surface area (Å²) in [7, 11) is 0. The van der Waals surface area contributed by atoms with Crippen LogP contribution in [0.5, 0.6) is 0 Å². The van der Waals surface area contributed by atoms with Crippen molar-refractivity contribution in [2.45, 2.75) is 37.5 Å². The normalized spacial score (nSPS) is 11.2. The van der Waals surface area contributed by atoms with E-state index in [2.05, 4.69) is 84.3 Å². The van der Waals surface area contributed by atoms with Crippen molar-refractivity contribution in [3.05, 3.63) is 83.9 Å². The molecular formula is C26H26ClNS. The Hall–Kier alpha value is -2.16. The highest BCUT2D eigenvalue weighted by Gasteiger charge is 2.20. The van der Waals surface area contributed by atoms with Crippen molar-refractivity contribution in [1.82, 2.24) is 4.57 Å². The van der Waals surface area contributed by atoms with Crippen molar-refractivity contribution in [2.24, 2.45) is 0 Å². The molecular weight excluding hydrogens is 394 g/mol. The Balaban J connectivity index is 1.90. The third kappa shape index (κ3) is 4.39. The lowest BCUT2D eigenvalue weighted by atomic mass is 10.1. The van der Waals surface area contributed by atoms with Crippen LogP contribution in [0.15, 0.2) is 83.8 Å². The highest BCUT2D eigenvalue weighted by molar-refractivity contribution is 7.99. The molecule has 0 bridgehead atoms. The minimum Gasteiger partial charge on any atom is -0.308 e. The number of hydrogen-bond acceptors (Lipinski definition) is 1. The monoisotopic (exact) mass is 419 g/mol. The molecule has 148 valence electrons. The average Bonchev–Trinajstić information content (AvgIpc) is 3.08. The molecule has 1 heterocycles. The zero-order chi connectivity index (χ0) is 20.1. The van der Waals surface area contributed by atoms with E-state index in [0.29, 0.717) is 0 Å². The van der Waals surface area contributed by atoms with Crippen molar-refractivity contribution in [3.63, 3.8) is 0 Å². The number of aromatic nitrogens is 1. The maximum absolute atomic E-state index is 6.43. The third-order valence-corrected chi connectivity index (χ3v) is 6.62. The molecule has 0 N–H and O–H groups in total. The van der Waals surface area contributed by atoms with Crippen molar-refractivity contribution in [2.75, 3.05) is 5.75 Å². The molecule has 4 rings (SSSR count). The number of halogens is 1. The highest BCUT2D eigenvalue weighted by atomic mass is 35.5. The Kier molecular flexibility index (Phi) is 6.63. The quantitative estimate of drug-likeness (QED) is 0.204. The van der Waals surface area contributed by atoms with Crippen LogP contribution in [0.1, 0.15) is 32.6 Å². The fourth-order valence-electron chi connectivity index (χ4n) is 3.79. The Labute approximate surface area is 182 Å². The van der Waals surface area contributed by atoms with Gasteiger partial charge in [-0.05, 0) is 48.1 Å². The molecule has 0 amide bonds. The zero-order valence-corrected chi connectivity index (χ0v) is 18.3. The van der Waals surface area contributed by atoms with E-state index >= 15 is 0 Å². The molecule has 0 atom stereocenters. The minimum absolute atomic E-state index is 0.787.